The molecule has 0 aromatic rings. The lowest BCUT2D eigenvalue weighted by Gasteiger charge is -2.12. The van der Waals surface area contributed by atoms with Crippen LogP contribution in [0.2, 0.25) is 0 Å². The van der Waals surface area contributed by atoms with Gasteiger partial charge in [0.1, 0.15) is 0 Å². The van der Waals surface area contributed by atoms with Gasteiger partial charge in [0.2, 0.25) is 0 Å². The molecule has 0 amide bonds. The first-order chi connectivity index (χ1) is 4.20. The topological polar surface area (TPSA) is 12.5 Å². The molecule has 1 fully saturated rings. The minimum atomic E-state index is 0.551. The van der Waals surface area contributed by atoms with Crippen molar-refractivity contribution in [1.82, 2.24) is 0 Å². The van der Waals surface area contributed by atoms with Crippen molar-refractivity contribution < 1.29 is 4.74 Å². The van der Waals surface area contributed by atoms with Crippen molar-refractivity contribution in [3.05, 3.63) is 6.92 Å². The summed E-state index contributed by atoms with van der Waals surface area (Å²) in [7, 11) is 0. The molecule has 0 aromatic carbocycles. The van der Waals surface area contributed by atoms with Crippen LogP contribution in [0.1, 0.15) is 20.3 Å². The molecular weight excluding hydrogens is 112 g/mol. The maximum Gasteiger partial charge on any atom is 0.0812 e. The van der Waals surface area contributed by atoms with E-state index in [0.29, 0.717) is 17.9 Å². The highest BCUT2D eigenvalue weighted by atomic mass is 16.6. The molecule has 1 aliphatic rings. The SMILES string of the molecule is [CH2]C(CC1CO1)C(C)C. The van der Waals surface area contributed by atoms with Crippen LogP contribution in [-0.4, -0.2) is 12.7 Å². The van der Waals surface area contributed by atoms with Gasteiger partial charge in [0.05, 0.1) is 12.7 Å². The van der Waals surface area contributed by atoms with Crippen LogP contribution < -0.4 is 0 Å². The summed E-state index contributed by atoms with van der Waals surface area (Å²) in [5.41, 5.74) is 0. The zero-order valence-electron chi connectivity index (χ0n) is 6.26. The maximum atomic E-state index is 5.09. The quantitative estimate of drug-likeness (QED) is 0.527. The van der Waals surface area contributed by atoms with Gasteiger partial charge in [-0.15, -0.1) is 0 Å². The van der Waals surface area contributed by atoms with E-state index >= 15 is 0 Å². The van der Waals surface area contributed by atoms with Gasteiger partial charge in [-0.2, -0.15) is 0 Å². The minimum Gasteiger partial charge on any atom is -0.373 e. The highest BCUT2D eigenvalue weighted by Crippen LogP contribution is 2.23. The normalized spacial score (nSPS) is 28.7. The summed E-state index contributed by atoms with van der Waals surface area (Å²) < 4.78 is 5.09. The summed E-state index contributed by atoms with van der Waals surface area (Å²) in [6.45, 7) is 9.43. The number of rotatable bonds is 3. The van der Waals surface area contributed by atoms with Gasteiger partial charge in [-0.25, -0.2) is 0 Å². The van der Waals surface area contributed by atoms with Crippen molar-refractivity contribution in [2.45, 2.75) is 26.4 Å². The summed E-state index contributed by atoms with van der Waals surface area (Å²) >= 11 is 0. The summed E-state index contributed by atoms with van der Waals surface area (Å²) in [5.74, 6) is 1.28. The van der Waals surface area contributed by atoms with Crippen LogP contribution in [0.25, 0.3) is 0 Å². The van der Waals surface area contributed by atoms with E-state index in [0.717, 1.165) is 13.0 Å². The van der Waals surface area contributed by atoms with Gasteiger partial charge < -0.3 is 4.74 Å². The smallest absolute Gasteiger partial charge is 0.0812 e. The molecular formula is C8H15O. The molecule has 1 radical (unpaired) electrons. The van der Waals surface area contributed by atoms with Crippen LogP contribution in [0, 0.1) is 18.8 Å². The van der Waals surface area contributed by atoms with Crippen molar-refractivity contribution >= 4 is 0 Å². The summed E-state index contributed by atoms with van der Waals surface area (Å²) in [6.07, 6.45) is 1.70. The molecule has 0 aliphatic carbocycles. The van der Waals surface area contributed by atoms with Crippen LogP contribution in [0.4, 0.5) is 0 Å². The van der Waals surface area contributed by atoms with Crippen LogP contribution in [0.5, 0.6) is 0 Å². The lowest BCUT2D eigenvalue weighted by Crippen LogP contribution is -2.06. The summed E-state index contributed by atoms with van der Waals surface area (Å²) in [4.78, 5) is 0. The van der Waals surface area contributed by atoms with Crippen molar-refractivity contribution in [3.63, 3.8) is 0 Å². The first-order valence-corrected chi connectivity index (χ1v) is 3.65. The Morgan fingerprint density at radius 1 is 1.67 bits per heavy atom. The third-order valence-corrected chi connectivity index (χ3v) is 1.91. The fourth-order valence-corrected chi connectivity index (χ4v) is 0.814. The summed E-state index contributed by atoms with van der Waals surface area (Å²) in [6, 6.07) is 0. The second-order valence-electron chi connectivity index (χ2n) is 3.20. The largest absolute Gasteiger partial charge is 0.373 e. The highest BCUT2D eigenvalue weighted by Gasteiger charge is 2.25. The maximum absolute atomic E-state index is 5.09. The Morgan fingerprint density at radius 3 is 2.56 bits per heavy atom. The molecule has 1 aliphatic heterocycles. The number of ether oxygens (including phenoxy) is 1. The van der Waals surface area contributed by atoms with E-state index in [1.165, 1.54) is 0 Å². The van der Waals surface area contributed by atoms with E-state index in [4.69, 9.17) is 4.74 Å². The van der Waals surface area contributed by atoms with E-state index in [2.05, 4.69) is 20.8 Å². The van der Waals surface area contributed by atoms with Gasteiger partial charge >= 0.3 is 0 Å². The number of epoxide rings is 1. The third kappa shape index (κ3) is 2.35. The molecule has 2 atom stereocenters. The lowest BCUT2D eigenvalue weighted by molar-refractivity contribution is 0.338. The molecule has 53 valence electrons. The highest BCUT2D eigenvalue weighted by molar-refractivity contribution is 4.76. The van der Waals surface area contributed by atoms with E-state index in [1.807, 2.05) is 0 Å². The van der Waals surface area contributed by atoms with Crippen LogP contribution >= 0.6 is 0 Å². The van der Waals surface area contributed by atoms with Gasteiger partial charge in [-0.05, 0) is 25.2 Å². The predicted octanol–water partition coefficient (Wildman–Crippen LogP) is 1.88. The lowest BCUT2D eigenvalue weighted by atomic mass is 9.93. The average molecular weight is 127 g/mol. The molecule has 9 heavy (non-hydrogen) atoms. The van der Waals surface area contributed by atoms with Crippen LogP contribution in [0.15, 0.2) is 0 Å². The van der Waals surface area contributed by atoms with Crippen LogP contribution in [-0.2, 0) is 4.74 Å². The van der Waals surface area contributed by atoms with Gasteiger partial charge in [0.25, 0.3) is 0 Å². The molecule has 1 nitrogen and oxygen atoms in total. The summed E-state index contributed by atoms with van der Waals surface area (Å²) in [5, 5.41) is 0. The van der Waals surface area contributed by atoms with Crippen LogP contribution in [0.3, 0.4) is 0 Å². The van der Waals surface area contributed by atoms with E-state index in [9.17, 15) is 0 Å². The molecule has 0 aromatic heterocycles. The molecule has 0 N–H and O–H groups in total. The first-order valence-electron chi connectivity index (χ1n) is 3.65. The Morgan fingerprint density at radius 2 is 2.22 bits per heavy atom. The third-order valence-electron chi connectivity index (χ3n) is 1.91. The second-order valence-corrected chi connectivity index (χ2v) is 3.20. The Bertz CT molecular complexity index is 84.6. The number of hydrogen-bond donors (Lipinski definition) is 0. The van der Waals surface area contributed by atoms with Gasteiger partial charge in [0, 0.05) is 0 Å². The van der Waals surface area contributed by atoms with Crippen molar-refractivity contribution in [2.75, 3.05) is 6.61 Å². The molecule has 0 spiro atoms. The standard InChI is InChI=1S/C8H15O/c1-6(2)7(3)4-8-5-9-8/h6-8H,3-5H2,1-2H3. The molecule has 2 unspecified atom stereocenters. The van der Waals surface area contributed by atoms with Crippen molar-refractivity contribution in [1.29, 1.82) is 0 Å². The molecule has 1 saturated heterocycles. The van der Waals surface area contributed by atoms with Gasteiger partial charge in [-0.3, -0.25) is 0 Å². The second kappa shape index (κ2) is 2.70. The van der Waals surface area contributed by atoms with E-state index in [-0.39, 0.29) is 0 Å². The van der Waals surface area contributed by atoms with Gasteiger partial charge in [0.15, 0.2) is 0 Å². The minimum absolute atomic E-state index is 0.551. The predicted molar refractivity (Wildman–Crippen MR) is 38.0 cm³/mol. The molecule has 1 rings (SSSR count). The average Bonchev–Trinajstić information content (AvgIpc) is 2.50. The molecule has 0 saturated carbocycles. The Labute approximate surface area is 57.4 Å². The molecule has 1 heteroatoms. The van der Waals surface area contributed by atoms with Crippen molar-refractivity contribution in [2.24, 2.45) is 11.8 Å². The molecule has 1 heterocycles. The Balaban J connectivity index is 2.09. The molecule has 0 bridgehead atoms. The first kappa shape index (κ1) is 7.07. The van der Waals surface area contributed by atoms with E-state index < -0.39 is 0 Å². The van der Waals surface area contributed by atoms with Crippen molar-refractivity contribution in [3.8, 4) is 0 Å². The Kier molecular flexibility index (Phi) is 2.12. The number of hydrogen-bond acceptors (Lipinski definition) is 1. The van der Waals surface area contributed by atoms with E-state index in [1.54, 1.807) is 0 Å². The fraction of sp³-hybridized carbons (Fsp3) is 0.875. The fourth-order valence-electron chi connectivity index (χ4n) is 0.814. The zero-order valence-corrected chi connectivity index (χ0v) is 6.26. The zero-order chi connectivity index (χ0) is 6.85. The Hall–Kier alpha value is -0.0400. The van der Waals surface area contributed by atoms with Gasteiger partial charge in [-0.1, -0.05) is 13.8 Å². The monoisotopic (exact) mass is 127 g/mol.